The summed E-state index contributed by atoms with van der Waals surface area (Å²) in [6.45, 7) is 0.544. The number of rotatable bonds is 2. The van der Waals surface area contributed by atoms with Crippen molar-refractivity contribution in [2.75, 3.05) is 6.54 Å². The molecule has 116 valence electrons. The number of aryl methyl sites for hydroxylation is 1. The Labute approximate surface area is 128 Å². The second-order valence-electron chi connectivity index (χ2n) is 5.52. The molecule has 2 aromatic rings. The monoisotopic (exact) mass is 303 g/mol. The van der Waals surface area contributed by atoms with Crippen LogP contribution in [-0.4, -0.2) is 32.2 Å². The van der Waals surface area contributed by atoms with Crippen molar-refractivity contribution in [1.82, 2.24) is 14.7 Å². The third kappa shape index (κ3) is 2.45. The van der Waals surface area contributed by atoms with Gasteiger partial charge in [-0.15, -0.1) is 0 Å². The number of aromatic hydroxyl groups is 1. The molecule has 0 bridgehead atoms. The molecule has 1 aliphatic rings. The van der Waals surface area contributed by atoms with Gasteiger partial charge in [-0.25, -0.2) is 4.39 Å². The van der Waals surface area contributed by atoms with Crippen molar-refractivity contribution in [3.8, 4) is 5.75 Å². The number of piperidine rings is 1. The van der Waals surface area contributed by atoms with Crippen molar-refractivity contribution < 1.29 is 14.3 Å². The predicted octanol–water partition coefficient (Wildman–Crippen LogP) is 2.63. The largest absolute Gasteiger partial charge is 0.507 e. The highest BCUT2D eigenvalue weighted by molar-refractivity contribution is 5.97. The average molecular weight is 303 g/mol. The van der Waals surface area contributed by atoms with Gasteiger partial charge in [0.05, 0.1) is 11.7 Å². The van der Waals surface area contributed by atoms with E-state index in [-0.39, 0.29) is 17.4 Å². The molecule has 1 saturated heterocycles. The summed E-state index contributed by atoms with van der Waals surface area (Å²) in [6, 6.07) is 5.64. The van der Waals surface area contributed by atoms with Gasteiger partial charge in [-0.05, 0) is 37.5 Å². The standard InChI is InChI=1S/C16H18FN3O2/c1-19-12(8-9-18-19)13-6-2-3-10-20(13)16(22)15-11(17)5-4-7-14(15)21/h4-5,7-9,13,21H,2-3,6,10H2,1H3. The second-order valence-corrected chi connectivity index (χ2v) is 5.52. The van der Waals surface area contributed by atoms with Gasteiger partial charge >= 0.3 is 0 Å². The number of carbonyl (C=O) groups is 1. The highest BCUT2D eigenvalue weighted by Gasteiger charge is 2.32. The Balaban J connectivity index is 1.97. The molecule has 0 spiro atoms. The number of phenols is 1. The molecule has 22 heavy (non-hydrogen) atoms. The van der Waals surface area contributed by atoms with Crippen molar-refractivity contribution in [1.29, 1.82) is 0 Å². The van der Waals surface area contributed by atoms with E-state index in [4.69, 9.17) is 0 Å². The summed E-state index contributed by atoms with van der Waals surface area (Å²) < 4.78 is 15.7. The number of halogens is 1. The Hall–Kier alpha value is -2.37. The van der Waals surface area contributed by atoms with E-state index in [1.54, 1.807) is 15.8 Å². The van der Waals surface area contributed by atoms with Crippen LogP contribution in [0, 0.1) is 5.82 Å². The van der Waals surface area contributed by atoms with Gasteiger partial charge in [-0.3, -0.25) is 9.48 Å². The maximum Gasteiger partial charge on any atom is 0.261 e. The lowest BCUT2D eigenvalue weighted by molar-refractivity contribution is 0.0593. The van der Waals surface area contributed by atoms with Gasteiger partial charge in [0.2, 0.25) is 0 Å². The van der Waals surface area contributed by atoms with Crippen molar-refractivity contribution in [2.45, 2.75) is 25.3 Å². The molecule has 1 amide bonds. The molecule has 1 atom stereocenters. The molecule has 1 aromatic heterocycles. The molecule has 3 rings (SSSR count). The van der Waals surface area contributed by atoms with Gasteiger partial charge in [-0.1, -0.05) is 6.07 Å². The molecular formula is C16H18FN3O2. The van der Waals surface area contributed by atoms with Gasteiger partial charge in [-0.2, -0.15) is 5.10 Å². The van der Waals surface area contributed by atoms with Crippen LogP contribution in [-0.2, 0) is 7.05 Å². The summed E-state index contributed by atoms with van der Waals surface area (Å²) in [5, 5.41) is 14.0. The first-order valence-electron chi connectivity index (χ1n) is 7.36. The summed E-state index contributed by atoms with van der Waals surface area (Å²) in [6.07, 6.45) is 4.37. The number of likely N-dealkylation sites (tertiary alicyclic amines) is 1. The van der Waals surface area contributed by atoms with Crippen LogP contribution in [0.1, 0.15) is 41.4 Å². The minimum Gasteiger partial charge on any atom is -0.507 e. The van der Waals surface area contributed by atoms with E-state index < -0.39 is 11.7 Å². The Morgan fingerprint density at radius 1 is 1.36 bits per heavy atom. The van der Waals surface area contributed by atoms with Crippen LogP contribution >= 0.6 is 0 Å². The van der Waals surface area contributed by atoms with E-state index in [0.717, 1.165) is 25.0 Å². The number of phenolic OH excluding ortho intramolecular Hbond substituents is 1. The van der Waals surface area contributed by atoms with Crippen molar-refractivity contribution in [3.63, 3.8) is 0 Å². The molecule has 1 N–H and O–H groups in total. The van der Waals surface area contributed by atoms with E-state index in [9.17, 15) is 14.3 Å². The van der Waals surface area contributed by atoms with Crippen molar-refractivity contribution in [3.05, 3.63) is 47.5 Å². The first-order chi connectivity index (χ1) is 10.6. The number of carbonyl (C=O) groups excluding carboxylic acids is 1. The van der Waals surface area contributed by atoms with E-state index in [1.807, 2.05) is 13.1 Å². The molecular weight excluding hydrogens is 285 g/mol. The van der Waals surface area contributed by atoms with Gasteiger partial charge in [0.25, 0.3) is 5.91 Å². The molecule has 1 fully saturated rings. The van der Waals surface area contributed by atoms with Crippen molar-refractivity contribution in [2.24, 2.45) is 7.05 Å². The molecule has 6 heteroatoms. The third-order valence-electron chi connectivity index (χ3n) is 4.17. The molecule has 0 aliphatic carbocycles. The minimum absolute atomic E-state index is 0.146. The molecule has 1 aromatic carbocycles. The van der Waals surface area contributed by atoms with E-state index in [2.05, 4.69) is 5.10 Å². The summed E-state index contributed by atoms with van der Waals surface area (Å²) in [7, 11) is 1.83. The van der Waals surface area contributed by atoms with Crippen LogP contribution < -0.4 is 0 Å². The zero-order valence-corrected chi connectivity index (χ0v) is 12.4. The predicted molar refractivity (Wildman–Crippen MR) is 78.9 cm³/mol. The van der Waals surface area contributed by atoms with Crippen LogP contribution in [0.15, 0.2) is 30.5 Å². The number of benzene rings is 1. The lowest BCUT2D eigenvalue weighted by atomic mass is 9.97. The zero-order chi connectivity index (χ0) is 15.7. The molecule has 2 heterocycles. The van der Waals surface area contributed by atoms with Gasteiger partial charge in [0.1, 0.15) is 17.1 Å². The summed E-state index contributed by atoms with van der Waals surface area (Å²) in [5.74, 6) is -1.49. The lowest BCUT2D eigenvalue weighted by Crippen LogP contribution is -2.39. The minimum atomic E-state index is -0.695. The summed E-state index contributed by atoms with van der Waals surface area (Å²) >= 11 is 0. The van der Waals surface area contributed by atoms with E-state index in [0.29, 0.717) is 6.54 Å². The second kappa shape index (κ2) is 5.79. The van der Waals surface area contributed by atoms with Crippen LogP contribution in [0.4, 0.5) is 4.39 Å². The molecule has 1 unspecified atom stereocenters. The Morgan fingerprint density at radius 3 is 2.86 bits per heavy atom. The highest BCUT2D eigenvalue weighted by atomic mass is 19.1. The van der Waals surface area contributed by atoms with Crippen LogP contribution in [0.5, 0.6) is 5.75 Å². The quantitative estimate of drug-likeness (QED) is 0.928. The Bertz CT molecular complexity index is 678. The number of aromatic nitrogens is 2. The summed E-state index contributed by atoms with van der Waals surface area (Å²) in [4.78, 5) is 14.4. The highest BCUT2D eigenvalue weighted by Crippen LogP contribution is 2.33. The fraction of sp³-hybridized carbons (Fsp3) is 0.375. The molecule has 0 radical (unpaired) electrons. The number of nitrogens with zero attached hydrogens (tertiary/aromatic N) is 3. The molecule has 0 saturated carbocycles. The smallest absolute Gasteiger partial charge is 0.261 e. The maximum atomic E-state index is 14.0. The third-order valence-corrected chi connectivity index (χ3v) is 4.17. The Kier molecular flexibility index (Phi) is 3.83. The number of amides is 1. The fourth-order valence-corrected chi connectivity index (χ4v) is 3.06. The maximum absolute atomic E-state index is 14.0. The Morgan fingerprint density at radius 2 is 2.18 bits per heavy atom. The zero-order valence-electron chi connectivity index (χ0n) is 12.4. The molecule has 1 aliphatic heterocycles. The summed E-state index contributed by atoms with van der Waals surface area (Å²) in [5.41, 5.74) is 0.667. The topological polar surface area (TPSA) is 58.4 Å². The van der Waals surface area contributed by atoms with E-state index >= 15 is 0 Å². The van der Waals surface area contributed by atoms with Gasteiger partial charge in [0, 0.05) is 19.8 Å². The van der Waals surface area contributed by atoms with E-state index in [1.165, 1.54) is 18.2 Å². The number of hydrogen-bond donors (Lipinski definition) is 1. The first kappa shape index (κ1) is 14.6. The number of hydrogen-bond acceptors (Lipinski definition) is 3. The first-order valence-corrected chi connectivity index (χ1v) is 7.36. The van der Waals surface area contributed by atoms with Crippen LogP contribution in [0.3, 0.4) is 0 Å². The van der Waals surface area contributed by atoms with Crippen molar-refractivity contribution >= 4 is 5.91 Å². The lowest BCUT2D eigenvalue weighted by Gasteiger charge is -2.36. The SMILES string of the molecule is Cn1nccc1C1CCCCN1C(=O)c1c(O)cccc1F. The van der Waals surface area contributed by atoms with Gasteiger partial charge in [0.15, 0.2) is 0 Å². The van der Waals surface area contributed by atoms with Gasteiger partial charge < -0.3 is 10.0 Å². The van der Waals surface area contributed by atoms with Crippen LogP contribution in [0.2, 0.25) is 0 Å². The normalized spacial score (nSPS) is 18.5. The molecule has 5 nitrogen and oxygen atoms in total. The van der Waals surface area contributed by atoms with Crippen LogP contribution in [0.25, 0.3) is 0 Å². The average Bonchev–Trinajstić information content (AvgIpc) is 2.93. The fourth-order valence-electron chi connectivity index (χ4n) is 3.06.